The third-order valence-electron chi connectivity index (χ3n) is 4.25. The van der Waals surface area contributed by atoms with Crippen molar-refractivity contribution in [1.82, 2.24) is 4.31 Å². The standard InChI is InChI=1S/C19H18Cl2N2O6S/c20-15-2-1-3-16(21)18(15)19(25)29-12-17(24)22-13-4-6-14(7-5-13)30(26,27)23-8-10-28-11-9-23/h1-7H,8-12H2,(H,22,24). The summed E-state index contributed by atoms with van der Waals surface area (Å²) in [4.78, 5) is 24.3. The number of carbonyl (C=O) groups is 2. The van der Waals surface area contributed by atoms with Gasteiger partial charge in [0, 0.05) is 18.8 Å². The van der Waals surface area contributed by atoms with Gasteiger partial charge >= 0.3 is 5.97 Å². The summed E-state index contributed by atoms with van der Waals surface area (Å²) < 4.78 is 36.7. The Bertz CT molecular complexity index is 1020. The van der Waals surface area contributed by atoms with Crippen LogP contribution in [0.25, 0.3) is 0 Å². The molecule has 11 heteroatoms. The number of carbonyl (C=O) groups excluding carboxylic acids is 2. The smallest absolute Gasteiger partial charge is 0.341 e. The molecule has 0 unspecified atom stereocenters. The molecule has 0 bridgehead atoms. The predicted molar refractivity (Wildman–Crippen MR) is 111 cm³/mol. The quantitative estimate of drug-likeness (QED) is 0.648. The van der Waals surface area contributed by atoms with Crippen molar-refractivity contribution in [2.24, 2.45) is 0 Å². The fraction of sp³-hybridized carbons (Fsp3) is 0.263. The topological polar surface area (TPSA) is 102 Å². The third kappa shape index (κ3) is 5.30. The molecule has 3 rings (SSSR count). The molecule has 1 saturated heterocycles. The number of sulfonamides is 1. The lowest BCUT2D eigenvalue weighted by molar-refractivity contribution is -0.119. The van der Waals surface area contributed by atoms with Crippen molar-refractivity contribution in [1.29, 1.82) is 0 Å². The van der Waals surface area contributed by atoms with E-state index in [1.165, 1.54) is 40.7 Å². The van der Waals surface area contributed by atoms with Crippen molar-refractivity contribution in [2.75, 3.05) is 38.2 Å². The zero-order valence-electron chi connectivity index (χ0n) is 15.6. The lowest BCUT2D eigenvalue weighted by Gasteiger charge is -2.26. The van der Waals surface area contributed by atoms with Gasteiger partial charge in [0.1, 0.15) is 0 Å². The molecule has 0 atom stereocenters. The van der Waals surface area contributed by atoms with Gasteiger partial charge in [0.15, 0.2) is 6.61 Å². The second kappa shape index (κ2) is 9.76. The number of hydrogen-bond acceptors (Lipinski definition) is 6. The summed E-state index contributed by atoms with van der Waals surface area (Å²) in [7, 11) is -3.62. The van der Waals surface area contributed by atoms with Crippen LogP contribution in [-0.2, 0) is 24.3 Å². The first-order valence-corrected chi connectivity index (χ1v) is 11.1. The number of esters is 1. The van der Waals surface area contributed by atoms with Gasteiger partial charge in [-0.3, -0.25) is 4.79 Å². The second-order valence-electron chi connectivity index (χ2n) is 6.26. The third-order valence-corrected chi connectivity index (χ3v) is 6.79. The minimum atomic E-state index is -3.62. The van der Waals surface area contributed by atoms with E-state index >= 15 is 0 Å². The number of anilines is 1. The molecule has 2 aromatic carbocycles. The maximum Gasteiger partial charge on any atom is 0.341 e. The van der Waals surface area contributed by atoms with Gasteiger partial charge in [0.25, 0.3) is 5.91 Å². The fourth-order valence-electron chi connectivity index (χ4n) is 2.74. The van der Waals surface area contributed by atoms with E-state index < -0.39 is 28.5 Å². The SMILES string of the molecule is O=C(COC(=O)c1c(Cl)cccc1Cl)Nc1ccc(S(=O)(=O)N2CCOCC2)cc1. The second-order valence-corrected chi connectivity index (χ2v) is 9.01. The lowest BCUT2D eigenvalue weighted by atomic mass is 10.2. The minimum absolute atomic E-state index is 0.0219. The number of morpholine rings is 1. The van der Waals surface area contributed by atoms with E-state index in [2.05, 4.69) is 5.32 Å². The first-order chi connectivity index (χ1) is 14.3. The Kier molecular flexibility index (Phi) is 7.32. The van der Waals surface area contributed by atoms with Crippen LogP contribution in [0, 0.1) is 0 Å². The van der Waals surface area contributed by atoms with Crippen molar-refractivity contribution < 1.29 is 27.5 Å². The molecule has 1 N–H and O–H groups in total. The fourth-order valence-corrected chi connectivity index (χ4v) is 4.70. The Morgan fingerprint density at radius 1 is 1.03 bits per heavy atom. The Labute approximate surface area is 183 Å². The van der Waals surface area contributed by atoms with Crippen LogP contribution < -0.4 is 5.32 Å². The molecular formula is C19H18Cl2N2O6S. The van der Waals surface area contributed by atoms with Gasteiger partial charge in [0.05, 0.1) is 33.7 Å². The largest absolute Gasteiger partial charge is 0.452 e. The van der Waals surface area contributed by atoms with E-state index in [1.807, 2.05) is 0 Å². The van der Waals surface area contributed by atoms with Gasteiger partial charge in [-0.15, -0.1) is 0 Å². The van der Waals surface area contributed by atoms with Gasteiger partial charge in [0.2, 0.25) is 10.0 Å². The molecule has 160 valence electrons. The number of nitrogens with zero attached hydrogens (tertiary/aromatic N) is 1. The molecule has 1 heterocycles. The zero-order valence-corrected chi connectivity index (χ0v) is 18.0. The van der Waals surface area contributed by atoms with Crippen LogP contribution in [0.1, 0.15) is 10.4 Å². The molecule has 1 amide bonds. The van der Waals surface area contributed by atoms with Crippen molar-refractivity contribution in [2.45, 2.75) is 4.90 Å². The number of rotatable bonds is 6. The summed E-state index contributed by atoms with van der Waals surface area (Å²) in [6, 6.07) is 10.3. The van der Waals surface area contributed by atoms with Crippen molar-refractivity contribution in [3.63, 3.8) is 0 Å². The molecule has 1 fully saturated rings. The van der Waals surface area contributed by atoms with E-state index in [1.54, 1.807) is 6.07 Å². The monoisotopic (exact) mass is 472 g/mol. The van der Waals surface area contributed by atoms with E-state index in [9.17, 15) is 18.0 Å². The summed E-state index contributed by atoms with van der Waals surface area (Å²) in [5.74, 6) is -1.43. The van der Waals surface area contributed by atoms with Gasteiger partial charge in [-0.05, 0) is 36.4 Å². The van der Waals surface area contributed by atoms with Gasteiger partial charge in [-0.1, -0.05) is 29.3 Å². The Morgan fingerprint density at radius 3 is 2.23 bits per heavy atom. The van der Waals surface area contributed by atoms with E-state index in [0.717, 1.165) is 0 Å². The normalized spacial score (nSPS) is 14.9. The first kappa shape index (κ1) is 22.5. The number of amides is 1. The highest BCUT2D eigenvalue weighted by molar-refractivity contribution is 7.89. The average Bonchev–Trinajstić information content (AvgIpc) is 2.73. The van der Waals surface area contributed by atoms with Gasteiger partial charge in [-0.2, -0.15) is 4.31 Å². The van der Waals surface area contributed by atoms with Crippen LogP contribution in [0.3, 0.4) is 0 Å². The maximum absolute atomic E-state index is 12.6. The molecule has 1 aliphatic heterocycles. The highest BCUT2D eigenvalue weighted by atomic mass is 35.5. The van der Waals surface area contributed by atoms with Gasteiger partial charge in [-0.25, -0.2) is 13.2 Å². The number of benzene rings is 2. The van der Waals surface area contributed by atoms with Crippen LogP contribution in [0.15, 0.2) is 47.4 Å². The van der Waals surface area contributed by atoms with Crippen LogP contribution in [0.4, 0.5) is 5.69 Å². The molecule has 2 aromatic rings. The first-order valence-electron chi connectivity index (χ1n) is 8.88. The van der Waals surface area contributed by atoms with Crippen molar-refractivity contribution in [3.05, 3.63) is 58.1 Å². The number of hydrogen-bond donors (Lipinski definition) is 1. The van der Waals surface area contributed by atoms with E-state index in [-0.39, 0.29) is 20.5 Å². The van der Waals surface area contributed by atoms with Crippen molar-refractivity contribution in [3.8, 4) is 0 Å². The van der Waals surface area contributed by atoms with Crippen LogP contribution in [0.5, 0.6) is 0 Å². The summed E-state index contributed by atoms with van der Waals surface area (Å²) in [6.45, 7) is 0.731. The molecule has 30 heavy (non-hydrogen) atoms. The Hall–Kier alpha value is -2.17. The molecule has 0 aliphatic carbocycles. The highest BCUT2D eigenvalue weighted by Crippen LogP contribution is 2.25. The zero-order chi connectivity index (χ0) is 21.7. The Balaban J connectivity index is 1.57. The summed E-state index contributed by atoms with van der Waals surface area (Å²) >= 11 is 11.9. The molecule has 0 spiro atoms. The molecule has 1 aliphatic rings. The Morgan fingerprint density at radius 2 is 1.63 bits per heavy atom. The van der Waals surface area contributed by atoms with Crippen LogP contribution >= 0.6 is 23.2 Å². The maximum atomic E-state index is 12.6. The highest BCUT2D eigenvalue weighted by Gasteiger charge is 2.26. The molecule has 0 radical (unpaired) electrons. The summed E-state index contributed by atoms with van der Waals surface area (Å²) in [5.41, 5.74) is 0.332. The van der Waals surface area contributed by atoms with E-state index in [4.69, 9.17) is 32.7 Å². The molecule has 0 saturated carbocycles. The summed E-state index contributed by atoms with van der Waals surface area (Å²) in [6.07, 6.45) is 0. The molecule has 8 nitrogen and oxygen atoms in total. The number of halogens is 2. The molecular weight excluding hydrogens is 455 g/mol. The van der Waals surface area contributed by atoms with Crippen molar-refractivity contribution >= 4 is 50.8 Å². The van der Waals surface area contributed by atoms with Crippen LogP contribution in [-0.4, -0.2) is 57.5 Å². The average molecular weight is 473 g/mol. The molecule has 0 aromatic heterocycles. The van der Waals surface area contributed by atoms with E-state index in [0.29, 0.717) is 32.0 Å². The minimum Gasteiger partial charge on any atom is -0.452 e. The predicted octanol–water partition coefficient (Wildman–Crippen LogP) is 2.81. The number of ether oxygens (including phenoxy) is 2. The van der Waals surface area contributed by atoms with Gasteiger partial charge < -0.3 is 14.8 Å². The lowest BCUT2D eigenvalue weighted by Crippen LogP contribution is -2.40. The summed E-state index contributed by atoms with van der Waals surface area (Å²) in [5, 5.41) is 2.76. The van der Waals surface area contributed by atoms with Crippen LogP contribution in [0.2, 0.25) is 10.0 Å². The number of nitrogens with one attached hydrogen (secondary N) is 1.